The van der Waals surface area contributed by atoms with Crippen molar-refractivity contribution in [3.8, 4) is 0 Å². The molecule has 9 heteroatoms. The van der Waals surface area contributed by atoms with Gasteiger partial charge in [-0.15, -0.1) is 10.2 Å². The van der Waals surface area contributed by atoms with Gasteiger partial charge in [-0.1, -0.05) is 30.0 Å². The third kappa shape index (κ3) is 4.94. The van der Waals surface area contributed by atoms with Crippen molar-refractivity contribution in [3.05, 3.63) is 0 Å². The predicted octanol–water partition coefficient (Wildman–Crippen LogP) is 0.786. The van der Waals surface area contributed by atoms with E-state index in [1.807, 2.05) is 11.8 Å². The molecule has 1 aromatic rings. The van der Waals surface area contributed by atoms with Gasteiger partial charge in [0.15, 0.2) is 4.34 Å². The van der Waals surface area contributed by atoms with E-state index in [2.05, 4.69) is 15.5 Å². The molecule has 1 aliphatic rings. The number of carbonyl (C=O) groups is 2. The summed E-state index contributed by atoms with van der Waals surface area (Å²) in [6.07, 6.45) is 1.69. The van der Waals surface area contributed by atoms with Crippen LogP contribution in [-0.4, -0.2) is 52.3 Å². The number of nitrogens with one attached hydrogen (secondary N) is 1. The van der Waals surface area contributed by atoms with Gasteiger partial charge in [-0.25, -0.2) is 0 Å². The molecule has 116 valence electrons. The fourth-order valence-electron chi connectivity index (χ4n) is 2.24. The number of aromatic nitrogens is 2. The number of hydrogen-bond donors (Lipinski definition) is 2. The van der Waals surface area contributed by atoms with Gasteiger partial charge in [-0.2, -0.15) is 0 Å². The van der Waals surface area contributed by atoms with Gasteiger partial charge in [0.1, 0.15) is 0 Å². The Balaban J connectivity index is 1.82. The van der Waals surface area contributed by atoms with Crippen LogP contribution in [0.1, 0.15) is 19.8 Å². The van der Waals surface area contributed by atoms with E-state index in [-0.39, 0.29) is 24.3 Å². The molecular weight excluding hydrogens is 310 g/mol. The number of nitrogens with two attached hydrogens (primary N) is 1. The largest absolute Gasteiger partial charge is 0.369 e. The SMILES string of the molecule is CCSc1nnc(NC(=O)CN2CCCC(C(N)=O)C2)s1. The lowest BCUT2D eigenvalue weighted by Gasteiger charge is -2.30. The minimum atomic E-state index is -0.287. The summed E-state index contributed by atoms with van der Waals surface area (Å²) in [4.78, 5) is 25.2. The van der Waals surface area contributed by atoms with Gasteiger partial charge in [0.25, 0.3) is 0 Å². The molecule has 21 heavy (non-hydrogen) atoms. The van der Waals surface area contributed by atoms with Crippen molar-refractivity contribution in [3.63, 3.8) is 0 Å². The quantitative estimate of drug-likeness (QED) is 0.591. The van der Waals surface area contributed by atoms with Gasteiger partial charge in [0.2, 0.25) is 16.9 Å². The van der Waals surface area contributed by atoms with Gasteiger partial charge < -0.3 is 5.73 Å². The molecule has 1 aromatic heterocycles. The van der Waals surface area contributed by atoms with Gasteiger partial charge >= 0.3 is 0 Å². The summed E-state index contributed by atoms with van der Waals surface area (Å²) in [6, 6.07) is 0. The lowest BCUT2D eigenvalue weighted by molar-refractivity contribution is -0.125. The molecule has 1 fully saturated rings. The molecule has 0 aliphatic carbocycles. The number of hydrogen-bond acceptors (Lipinski definition) is 7. The first-order chi connectivity index (χ1) is 10.1. The molecule has 0 saturated carbocycles. The van der Waals surface area contributed by atoms with Crippen LogP contribution in [0.5, 0.6) is 0 Å². The average molecular weight is 329 g/mol. The summed E-state index contributed by atoms with van der Waals surface area (Å²) in [5, 5.41) is 11.2. The van der Waals surface area contributed by atoms with Gasteiger partial charge in [-0.05, 0) is 25.1 Å². The number of amides is 2. The molecule has 0 spiro atoms. The zero-order chi connectivity index (χ0) is 15.2. The van der Waals surface area contributed by atoms with E-state index in [9.17, 15) is 9.59 Å². The van der Waals surface area contributed by atoms with Crippen LogP contribution < -0.4 is 11.1 Å². The zero-order valence-corrected chi connectivity index (χ0v) is 13.5. The normalized spacial score (nSPS) is 19.4. The molecule has 0 bridgehead atoms. The number of rotatable bonds is 6. The van der Waals surface area contributed by atoms with Crippen molar-refractivity contribution in [2.75, 3.05) is 30.7 Å². The van der Waals surface area contributed by atoms with Crippen molar-refractivity contribution in [2.24, 2.45) is 11.7 Å². The Morgan fingerprint density at radius 3 is 3.05 bits per heavy atom. The molecule has 1 atom stereocenters. The second-order valence-electron chi connectivity index (χ2n) is 4.83. The standard InChI is InChI=1S/C12H19N5O2S2/c1-2-20-12-16-15-11(21-12)14-9(18)7-17-5-3-4-8(6-17)10(13)19/h8H,2-7H2,1H3,(H2,13,19)(H,14,15,18). The molecular formula is C12H19N5O2S2. The summed E-state index contributed by atoms with van der Waals surface area (Å²) >= 11 is 2.96. The van der Waals surface area contributed by atoms with Gasteiger partial charge in [0, 0.05) is 6.54 Å². The minimum absolute atomic E-state index is 0.135. The van der Waals surface area contributed by atoms with E-state index in [0.29, 0.717) is 11.7 Å². The van der Waals surface area contributed by atoms with Crippen LogP contribution in [-0.2, 0) is 9.59 Å². The van der Waals surface area contributed by atoms with Crippen LogP contribution in [0.4, 0.5) is 5.13 Å². The smallest absolute Gasteiger partial charge is 0.240 e. The van der Waals surface area contributed by atoms with Gasteiger partial charge in [0.05, 0.1) is 12.5 Å². The number of carbonyl (C=O) groups excluding carboxylic acids is 2. The number of anilines is 1. The highest BCUT2D eigenvalue weighted by atomic mass is 32.2. The summed E-state index contributed by atoms with van der Waals surface area (Å²) in [7, 11) is 0. The highest BCUT2D eigenvalue weighted by molar-refractivity contribution is 8.01. The number of nitrogens with zero attached hydrogens (tertiary/aromatic N) is 3. The maximum absolute atomic E-state index is 12.0. The first-order valence-corrected chi connectivity index (χ1v) is 8.66. The number of thioether (sulfide) groups is 1. The first-order valence-electron chi connectivity index (χ1n) is 6.86. The topological polar surface area (TPSA) is 101 Å². The third-order valence-corrected chi connectivity index (χ3v) is 5.05. The Bertz CT molecular complexity index is 508. The van der Waals surface area contributed by atoms with Crippen LogP contribution in [0.2, 0.25) is 0 Å². The molecule has 1 unspecified atom stereocenters. The molecule has 3 N–H and O–H groups in total. The molecule has 1 saturated heterocycles. The van der Waals surface area contributed by atoms with E-state index in [1.165, 1.54) is 11.3 Å². The molecule has 1 aliphatic heterocycles. The fourth-order valence-corrected chi connectivity index (χ4v) is 3.90. The first kappa shape index (κ1) is 16.2. The number of piperidine rings is 1. The highest BCUT2D eigenvalue weighted by Gasteiger charge is 2.25. The van der Waals surface area contributed by atoms with Crippen molar-refractivity contribution in [1.29, 1.82) is 0 Å². The summed E-state index contributed by atoms with van der Waals surface area (Å²) in [5.41, 5.74) is 5.33. The monoisotopic (exact) mass is 329 g/mol. The van der Waals surface area contributed by atoms with Crippen LogP contribution in [0.15, 0.2) is 4.34 Å². The zero-order valence-electron chi connectivity index (χ0n) is 11.9. The fraction of sp³-hybridized carbons (Fsp3) is 0.667. The van der Waals surface area contributed by atoms with Crippen LogP contribution in [0.25, 0.3) is 0 Å². The highest BCUT2D eigenvalue weighted by Crippen LogP contribution is 2.25. The van der Waals surface area contributed by atoms with Crippen LogP contribution in [0.3, 0.4) is 0 Å². The maximum Gasteiger partial charge on any atom is 0.240 e. The molecule has 2 heterocycles. The average Bonchev–Trinajstić information content (AvgIpc) is 2.86. The van der Waals surface area contributed by atoms with Gasteiger partial charge in [-0.3, -0.25) is 19.8 Å². The van der Waals surface area contributed by atoms with E-state index >= 15 is 0 Å². The van der Waals surface area contributed by atoms with Crippen molar-refractivity contribution >= 4 is 40.0 Å². The third-order valence-electron chi connectivity index (χ3n) is 3.20. The Morgan fingerprint density at radius 1 is 1.52 bits per heavy atom. The van der Waals surface area contributed by atoms with E-state index in [1.54, 1.807) is 11.8 Å². The molecule has 2 amide bonds. The number of primary amides is 1. The second kappa shape index (κ2) is 7.71. The summed E-state index contributed by atoms with van der Waals surface area (Å²) in [5.74, 6) is 0.348. The lowest BCUT2D eigenvalue weighted by atomic mass is 9.97. The minimum Gasteiger partial charge on any atom is -0.369 e. The van der Waals surface area contributed by atoms with Crippen molar-refractivity contribution < 1.29 is 9.59 Å². The molecule has 0 radical (unpaired) electrons. The second-order valence-corrected chi connectivity index (χ2v) is 7.32. The summed E-state index contributed by atoms with van der Waals surface area (Å²) in [6.45, 7) is 3.65. The van der Waals surface area contributed by atoms with E-state index < -0.39 is 0 Å². The predicted molar refractivity (Wildman–Crippen MR) is 83.3 cm³/mol. The molecule has 0 aromatic carbocycles. The lowest BCUT2D eigenvalue weighted by Crippen LogP contribution is -2.44. The Labute approximate surface area is 131 Å². The maximum atomic E-state index is 12.0. The Hall–Kier alpha value is -1.19. The van der Waals surface area contributed by atoms with Crippen molar-refractivity contribution in [2.45, 2.75) is 24.1 Å². The molecule has 2 rings (SSSR count). The molecule has 7 nitrogen and oxygen atoms in total. The summed E-state index contributed by atoms with van der Waals surface area (Å²) < 4.78 is 0.847. The van der Waals surface area contributed by atoms with E-state index in [0.717, 1.165) is 29.5 Å². The van der Waals surface area contributed by atoms with Crippen LogP contribution in [0, 0.1) is 5.92 Å². The Kier molecular flexibility index (Phi) is 5.95. The van der Waals surface area contributed by atoms with Crippen molar-refractivity contribution in [1.82, 2.24) is 15.1 Å². The van der Waals surface area contributed by atoms with Crippen LogP contribution >= 0.6 is 23.1 Å². The van der Waals surface area contributed by atoms with E-state index in [4.69, 9.17) is 5.73 Å². The Morgan fingerprint density at radius 2 is 2.33 bits per heavy atom. The number of likely N-dealkylation sites (tertiary alicyclic amines) is 1.